The van der Waals surface area contributed by atoms with Gasteiger partial charge in [0.05, 0.1) is 6.42 Å². The lowest BCUT2D eigenvalue weighted by Gasteiger charge is -2.15. The van der Waals surface area contributed by atoms with Crippen molar-refractivity contribution in [3.8, 4) is 0 Å². The summed E-state index contributed by atoms with van der Waals surface area (Å²) < 4.78 is 0. The molecule has 2 amide bonds. The van der Waals surface area contributed by atoms with E-state index in [0.29, 0.717) is 5.69 Å². The predicted molar refractivity (Wildman–Crippen MR) is 83.4 cm³/mol. The Labute approximate surface area is 129 Å². The minimum Gasteiger partial charge on any atom is -0.480 e. The zero-order chi connectivity index (χ0) is 16.7. The van der Waals surface area contributed by atoms with E-state index < -0.39 is 5.97 Å². The quantitative estimate of drug-likeness (QED) is 0.714. The normalized spacial score (nSPS) is 11.8. The lowest BCUT2D eigenvalue weighted by atomic mass is 9.97. The molecular weight excluding hydrogens is 284 g/mol. The molecule has 0 aliphatic carbocycles. The van der Waals surface area contributed by atoms with Gasteiger partial charge in [-0.2, -0.15) is 0 Å². The van der Waals surface area contributed by atoms with Gasteiger partial charge in [-0.05, 0) is 23.6 Å². The molecule has 0 spiro atoms. The topological polar surface area (TPSA) is 95.5 Å². The van der Waals surface area contributed by atoms with Crippen LogP contribution in [-0.2, 0) is 20.8 Å². The second-order valence-corrected chi connectivity index (χ2v) is 5.57. The molecule has 0 saturated carbocycles. The van der Waals surface area contributed by atoms with Crippen molar-refractivity contribution in [2.75, 3.05) is 11.9 Å². The summed E-state index contributed by atoms with van der Waals surface area (Å²) in [4.78, 5) is 33.8. The molecule has 1 atom stereocenters. The van der Waals surface area contributed by atoms with Crippen LogP contribution in [0, 0.1) is 11.8 Å². The van der Waals surface area contributed by atoms with Crippen LogP contribution in [0.5, 0.6) is 0 Å². The van der Waals surface area contributed by atoms with E-state index in [1.807, 2.05) is 20.8 Å². The largest absolute Gasteiger partial charge is 0.480 e. The number of rotatable bonds is 7. The van der Waals surface area contributed by atoms with Gasteiger partial charge in [0.2, 0.25) is 11.8 Å². The molecule has 0 bridgehead atoms. The van der Waals surface area contributed by atoms with Crippen LogP contribution in [0.2, 0.25) is 0 Å². The van der Waals surface area contributed by atoms with Crippen molar-refractivity contribution in [1.29, 1.82) is 0 Å². The molecule has 3 N–H and O–H groups in total. The van der Waals surface area contributed by atoms with E-state index >= 15 is 0 Å². The van der Waals surface area contributed by atoms with Gasteiger partial charge in [0, 0.05) is 11.6 Å². The molecule has 0 fully saturated rings. The number of hydrogen-bond donors (Lipinski definition) is 3. The maximum Gasteiger partial charge on any atom is 0.322 e. The summed E-state index contributed by atoms with van der Waals surface area (Å²) in [6.07, 6.45) is 0.101. The number of carboxylic acids is 1. The summed E-state index contributed by atoms with van der Waals surface area (Å²) in [6.45, 7) is 5.47. The van der Waals surface area contributed by atoms with Gasteiger partial charge in [-0.3, -0.25) is 14.4 Å². The predicted octanol–water partition coefficient (Wildman–Crippen LogP) is 1.66. The van der Waals surface area contributed by atoms with Gasteiger partial charge in [-0.25, -0.2) is 0 Å². The third kappa shape index (κ3) is 5.95. The minimum atomic E-state index is -1.08. The number of carbonyl (C=O) groups is 3. The standard InChI is InChI=1S/C16H22N2O4/c1-10(2)11(3)16(22)18-13-6-4-12(5-7-13)8-14(19)17-9-15(20)21/h4-7,10-11H,8-9H2,1-3H3,(H,17,19)(H,18,22)(H,20,21). The fraction of sp³-hybridized carbons (Fsp3) is 0.438. The van der Waals surface area contributed by atoms with Gasteiger partial charge in [0.25, 0.3) is 0 Å². The number of carbonyl (C=O) groups excluding carboxylic acids is 2. The highest BCUT2D eigenvalue weighted by Crippen LogP contribution is 2.15. The molecule has 1 aromatic carbocycles. The summed E-state index contributed by atoms with van der Waals surface area (Å²) in [5.74, 6) is -1.29. The Bertz CT molecular complexity index is 538. The third-order valence-electron chi connectivity index (χ3n) is 3.44. The van der Waals surface area contributed by atoms with Crippen molar-refractivity contribution in [3.63, 3.8) is 0 Å². The van der Waals surface area contributed by atoms with Crippen LogP contribution in [0.1, 0.15) is 26.3 Å². The summed E-state index contributed by atoms with van der Waals surface area (Å²) >= 11 is 0. The Morgan fingerprint density at radius 2 is 1.68 bits per heavy atom. The molecule has 0 aliphatic heterocycles. The minimum absolute atomic E-state index is 0.0399. The number of nitrogens with one attached hydrogen (secondary N) is 2. The van der Waals surface area contributed by atoms with E-state index in [2.05, 4.69) is 10.6 Å². The number of aliphatic carboxylic acids is 1. The van der Waals surface area contributed by atoms with Crippen molar-refractivity contribution in [3.05, 3.63) is 29.8 Å². The van der Waals surface area contributed by atoms with Crippen LogP contribution in [-0.4, -0.2) is 29.4 Å². The molecular formula is C16H22N2O4. The second kappa shape index (κ2) is 8.17. The highest BCUT2D eigenvalue weighted by Gasteiger charge is 2.16. The molecule has 0 heterocycles. The zero-order valence-electron chi connectivity index (χ0n) is 13.1. The van der Waals surface area contributed by atoms with Gasteiger partial charge in [-0.15, -0.1) is 0 Å². The van der Waals surface area contributed by atoms with E-state index in [9.17, 15) is 14.4 Å². The van der Waals surface area contributed by atoms with E-state index in [1.165, 1.54) is 0 Å². The maximum absolute atomic E-state index is 11.9. The van der Waals surface area contributed by atoms with Crippen LogP contribution >= 0.6 is 0 Å². The highest BCUT2D eigenvalue weighted by atomic mass is 16.4. The van der Waals surface area contributed by atoms with E-state index in [4.69, 9.17) is 5.11 Å². The van der Waals surface area contributed by atoms with Crippen LogP contribution < -0.4 is 10.6 Å². The van der Waals surface area contributed by atoms with E-state index in [-0.39, 0.29) is 36.6 Å². The highest BCUT2D eigenvalue weighted by molar-refractivity contribution is 5.92. The van der Waals surface area contributed by atoms with E-state index in [1.54, 1.807) is 24.3 Å². The molecule has 6 nitrogen and oxygen atoms in total. The molecule has 1 aromatic rings. The first-order chi connectivity index (χ1) is 10.3. The Morgan fingerprint density at radius 3 is 2.18 bits per heavy atom. The monoisotopic (exact) mass is 306 g/mol. The molecule has 0 radical (unpaired) electrons. The lowest BCUT2D eigenvalue weighted by molar-refractivity contribution is -0.137. The number of amides is 2. The fourth-order valence-electron chi connectivity index (χ4n) is 1.69. The van der Waals surface area contributed by atoms with Crippen LogP contribution in [0.15, 0.2) is 24.3 Å². The summed E-state index contributed by atoms with van der Waals surface area (Å²) in [5, 5.41) is 13.6. The van der Waals surface area contributed by atoms with Crippen LogP contribution in [0.25, 0.3) is 0 Å². The van der Waals surface area contributed by atoms with E-state index in [0.717, 1.165) is 5.56 Å². The maximum atomic E-state index is 11.9. The van der Waals surface area contributed by atoms with Gasteiger partial charge in [0.1, 0.15) is 6.54 Å². The second-order valence-electron chi connectivity index (χ2n) is 5.57. The first-order valence-electron chi connectivity index (χ1n) is 7.18. The molecule has 1 unspecified atom stereocenters. The summed E-state index contributed by atoms with van der Waals surface area (Å²) in [7, 11) is 0. The third-order valence-corrected chi connectivity index (χ3v) is 3.44. The molecule has 120 valence electrons. The average Bonchev–Trinajstić information content (AvgIpc) is 2.46. The first kappa shape index (κ1) is 17.7. The molecule has 0 aromatic heterocycles. The molecule has 6 heteroatoms. The average molecular weight is 306 g/mol. The van der Waals surface area contributed by atoms with Gasteiger partial charge in [-0.1, -0.05) is 32.9 Å². The van der Waals surface area contributed by atoms with Gasteiger partial charge >= 0.3 is 5.97 Å². The Hall–Kier alpha value is -2.37. The van der Waals surface area contributed by atoms with Crippen molar-refractivity contribution in [1.82, 2.24) is 5.32 Å². The van der Waals surface area contributed by atoms with Crippen LogP contribution in [0.4, 0.5) is 5.69 Å². The Morgan fingerprint density at radius 1 is 1.09 bits per heavy atom. The van der Waals surface area contributed by atoms with Crippen molar-refractivity contribution >= 4 is 23.5 Å². The smallest absolute Gasteiger partial charge is 0.322 e. The number of benzene rings is 1. The number of hydrogen-bond acceptors (Lipinski definition) is 3. The van der Waals surface area contributed by atoms with Crippen LogP contribution in [0.3, 0.4) is 0 Å². The van der Waals surface area contributed by atoms with Crippen molar-refractivity contribution in [2.24, 2.45) is 11.8 Å². The molecule has 0 saturated heterocycles. The summed E-state index contributed by atoms with van der Waals surface area (Å²) in [5.41, 5.74) is 1.42. The number of carboxylic acid groups (broad SMARTS) is 1. The Kier molecular flexibility index (Phi) is 6.56. The van der Waals surface area contributed by atoms with Crippen molar-refractivity contribution in [2.45, 2.75) is 27.2 Å². The van der Waals surface area contributed by atoms with Gasteiger partial charge in [0.15, 0.2) is 0 Å². The lowest BCUT2D eigenvalue weighted by Crippen LogP contribution is -2.30. The zero-order valence-corrected chi connectivity index (χ0v) is 13.1. The molecule has 22 heavy (non-hydrogen) atoms. The van der Waals surface area contributed by atoms with Crippen molar-refractivity contribution < 1.29 is 19.5 Å². The first-order valence-corrected chi connectivity index (χ1v) is 7.18. The number of anilines is 1. The fourth-order valence-corrected chi connectivity index (χ4v) is 1.69. The summed E-state index contributed by atoms with van der Waals surface area (Å²) in [6, 6.07) is 6.92. The Balaban J connectivity index is 2.54. The SMILES string of the molecule is CC(C)C(C)C(=O)Nc1ccc(CC(=O)NCC(=O)O)cc1. The van der Waals surface area contributed by atoms with Gasteiger partial charge < -0.3 is 15.7 Å². The molecule has 0 aliphatic rings. The molecule has 1 rings (SSSR count).